The summed E-state index contributed by atoms with van der Waals surface area (Å²) in [5.74, 6) is 0. The quantitative estimate of drug-likeness (QED) is 0.847. The van der Waals surface area contributed by atoms with E-state index in [4.69, 9.17) is 18.0 Å². The van der Waals surface area contributed by atoms with Gasteiger partial charge in [-0.1, -0.05) is 18.6 Å². The molecule has 2 aromatic heterocycles. The number of aryl methyl sites for hydroxylation is 2. The van der Waals surface area contributed by atoms with Crippen LogP contribution in [0.3, 0.4) is 0 Å². The van der Waals surface area contributed by atoms with E-state index in [9.17, 15) is 0 Å². The summed E-state index contributed by atoms with van der Waals surface area (Å²) in [6.07, 6.45) is 8.73. The van der Waals surface area contributed by atoms with Crippen molar-refractivity contribution in [3.63, 3.8) is 0 Å². The van der Waals surface area contributed by atoms with Crippen LogP contribution in [0.25, 0.3) is 11.0 Å². The lowest BCUT2D eigenvalue weighted by molar-refractivity contribution is 0.647. The molecule has 1 aliphatic heterocycles. The van der Waals surface area contributed by atoms with Gasteiger partial charge < -0.3 is 15.3 Å². The third-order valence-electron chi connectivity index (χ3n) is 4.00. The highest BCUT2D eigenvalue weighted by Crippen LogP contribution is 2.29. The van der Waals surface area contributed by atoms with Crippen molar-refractivity contribution in [2.75, 3.05) is 6.54 Å². The van der Waals surface area contributed by atoms with Crippen LogP contribution < -0.4 is 5.73 Å². The van der Waals surface area contributed by atoms with E-state index in [2.05, 4.69) is 14.5 Å². The van der Waals surface area contributed by atoms with Gasteiger partial charge in [0.1, 0.15) is 5.52 Å². The first-order valence-corrected chi connectivity index (χ1v) is 7.51. The maximum atomic E-state index is 5.68. The van der Waals surface area contributed by atoms with Crippen LogP contribution in [0.2, 0.25) is 0 Å². The molecular weight excluding hydrogens is 256 g/mol. The molecule has 0 aromatic carbocycles. The molecule has 0 saturated carbocycles. The molecule has 5 heteroatoms. The average molecular weight is 276 g/mol. The van der Waals surface area contributed by atoms with Crippen molar-refractivity contribution in [2.24, 2.45) is 5.73 Å². The number of rotatable bonds is 3. The second kappa shape index (κ2) is 5.43. The van der Waals surface area contributed by atoms with Gasteiger partial charge in [-0.15, -0.1) is 0 Å². The number of hydrogen-bond acceptors (Lipinski definition) is 3. The Hall–Kier alpha value is -1.20. The van der Waals surface area contributed by atoms with Gasteiger partial charge >= 0.3 is 0 Å². The zero-order valence-corrected chi connectivity index (χ0v) is 11.9. The molecule has 102 valence electrons. The number of hydrogen-bond donors (Lipinski definition) is 2. The maximum Gasteiger partial charge on any atom is 0.153 e. The van der Waals surface area contributed by atoms with Crippen LogP contribution in [0.15, 0.2) is 6.33 Å². The predicted molar refractivity (Wildman–Crippen MR) is 79.8 cm³/mol. The van der Waals surface area contributed by atoms with Crippen LogP contribution in [-0.2, 0) is 19.4 Å². The molecule has 0 spiro atoms. The lowest BCUT2D eigenvalue weighted by atomic mass is 10.1. The Morgan fingerprint density at radius 3 is 3.11 bits per heavy atom. The minimum atomic E-state index is 0.718. The fourth-order valence-corrected chi connectivity index (χ4v) is 3.40. The van der Waals surface area contributed by atoms with Crippen molar-refractivity contribution < 1.29 is 0 Å². The van der Waals surface area contributed by atoms with Crippen LogP contribution in [0, 0.1) is 4.64 Å². The molecule has 3 heterocycles. The molecule has 0 saturated heterocycles. The highest BCUT2D eigenvalue weighted by Gasteiger charge is 2.19. The van der Waals surface area contributed by atoms with Crippen LogP contribution >= 0.6 is 12.2 Å². The molecule has 0 bridgehead atoms. The van der Waals surface area contributed by atoms with Crippen LogP contribution in [0.1, 0.15) is 36.9 Å². The Morgan fingerprint density at radius 1 is 1.37 bits per heavy atom. The fraction of sp³-hybridized carbons (Fsp3) is 0.571. The number of fused-ring (bicyclic) bond motifs is 3. The Kier molecular flexibility index (Phi) is 3.66. The third kappa shape index (κ3) is 2.21. The fourth-order valence-electron chi connectivity index (χ4n) is 3.13. The van der Waals surface area contributed by atoms with Crippen molar-refractivity contribution in [1.29, 1.82) is 0 Å². The molecule has 0 radical (unpaired) electrons. The zero-order valence-electron chi connectivity index (χ0n) is 11.1. The van der Waals surface area contributed by atoms with E-state index in [1.54, 1.807) is 6.33 Å². The molecular formula is C14H20N4S. The van der Waals surface area contributed by atoms with Crippen LogP contribution in [0.4, 0.5) is 0 Å². The van der Waals surface area contributed by atoms with Gasteiger partial charge in [0.05, 0.1) is 11.8 Å². The molecule has 0 amide bonds. The van der Waals surface area contributed by atoms with Gasteiger partial charge in [0, 0.05) is 12.2 Å². The summed E-state index contributed by atoms with van der Waals surface area (Å²) in [5, 5.41) is 0. The third-order valence-corrected chi connectivity index (χ3v) is 4.30. The number of nitrogens with two attached hydrogens (primary N) is 1. The van der Waals surface area contributed by atoms with Crippen LogP contribution in [0.5, 0.6) is 0 Å². The number of aromatic nitrogens is 3. The van der Waals surface area contributed by atoms with Crippen LogP contribution in [-0.4, -0.2) is 21.1 Å². The van der Waals surface area contributed by atoms with Gasteiger partial charge in [-0.25, -0.2) is 4.98 Å². The largest absolute Gasteiger partial charge is 0.344 e. The van der Waals surface area contributed by atoms with Gasteiger partial charge in [-0.2, -0.15) is 0 Å². The Balaban J connectivity index is 2.24. The number of nitrogens with one attached hydrogen (secondary N) is 1. The first-order chi connectivity index (χ1) is 9.33. The molecule has 3 N–H and O–H groups in total. The average Bonchev–Trinajstić information content (AvgIpc) is 2.58. The predicted octanol–water partition coefficient (Wildman–Crippen LogP) is 2.71. The van der Waals surface area contributed by atoms with Gasteiger partial charge in [-0.05, 0) is 44.2 Å². The van der Waals surface area contributed by atoms with E-state index in [-0.39, 0.29) is 0 Å². The van der Waals surface area contributed by atoms with E-state index >= 15 is 0 Å². The van der Waals surface area contributed by atoms with E-state index < -0.39 is 0 Å². The van der Waals surface area contributed by atoms with Crippen molar-refractivity contribution in [1.82, 2.24) is 14.5 Å². The van der Waals surface area contributed by atoms with E-state index in [1.807, 2.05) is 0 Å². The second-order valence-corrected chi connectivity index (χ2v) is 5.60. The van der Waals surface area contributed by atoms with Gasteiger partial charge in [0.25, 0.3) is 0 Å². The monoisotopic (exact) mass is 276 g/mol. The molecule has 3 rings (SSSR count). The molecule has 0 unspecified atom stereocenters. The highest BCUT2D eigenvalue weighted by atomic mass is 32.1. The van der Waals surface area contributed by atoms with Crippen molar-refractivity contribution in [3.05, 3.63) is 22.2 Å². The van der Waals surface area contributed by atoms with E-state index in [0.29, 0.717) is 0 Å². The first kappa shape index (κ1) is 12.8. The minimum absolute atomic E-state index is 0.718. The van der Waals surface area contributed by atoms with Gasteiger partial charge in [-0.3, -0.25) is 0 Å². The molecule has 0 fully saturated rings. The summed E-state index contributed by atoms with van der Waals surface area (Å²) in [7, 11) is 0. The summed E-state index contributed by atoms with van der Waals surface area (Å²) in [6, 6.07) is 0. The maximum absolute atomic E-state index is 5.68. The SMILES string of the molecule is NCCCc1c2n(c3c(=S)nc[nH]c13)CCCCC2. The van der Waals surface area contributed by atoms with Crippen molar-refractivity contribution in [2.45, 2.75) is 45.1 Å². The number of H-pyrrole nitrogens is 1. The summed E-state index contributed by atoms with van der Waals surface area (Å²) >= 11 is 5.43. The van der Waals surface area contributed by atoms with Crippen molar-refractivity contribution in [3.8, 4) is 0 Å². The van der Waals surface area contributed by atoms with E-state index in [0.717, 1.165) is 42.5 Å². The Morgan fingerprint density at radius 2 is 2.26 bits per heavy atom. The molecule has 0 atom stereocenters. The Labute approximate surface area is 118 Å². The smallest absolute Gasteiger partial charge is 0.153 e. The standard InChI is InChI=1S/C14H20N4S/c15-7-4-5-10-11-6-2-1-3-8-18(11)13-12(10)16-9-17-14(13)19/h9H,1-8,15H2,(H,16,17,19). The molecule has 0 aliphatic carbocycles. The lowest BCUT2D eigenvalue weighted by Gasteiger charge is -2.07. The minimum Gasteiger partial charge on any atom is -0.344 e. The topological polar surface area (TPSA) is 59.6 Å². The van der Waals surface area contributed by atoms with Crippen molar-refractivity contribution >= 4 is 23.3 Å². The molecule has 1 aliphatic rings. The summed E-state index contributed by atoms with van der Waals surface area (Å²) in [5.41, 5.74) is 10.9. The lowest BCUT2D eigenvalue weighted by Crippen LogP contribution is -2.04. The summed E-state index contributed by atoms with van der Waals surface area (Å²) in [4.78, 5) is 7.56. The number of nitrogens with zero attached hydrogens (tertiary/aromatic N) is 2. The molecule has 2 aromatic rings. The van der Waals surface area contributed by atoms with Gasteiger partial charge in [0.2, 0.25) is 0 Å². The molecule has 4 nitrogen and oxygen atoms in total. The zero-order chi connectivity index (χ0) is 13.2. The second-order valence-electron chi connectivity index (χ2n) is 5.21. The number of aromatic amines is 1. The highest BCUT2D eigenvalue weighted by molar-refractivity contribution is 7.71. The Bertz CT molecular complexity index is 641. The first-order valence-electron chi connectivity index (χ1n) is 7.10. The summed E-state index contributed by atoms with van der Waals surface area (Å²) < 4.78 is 3.12. The normalized spacial score (nSPS) is 15.4. The molecule has 19 heavy (non-hydrogen) atoms. The van der Waals surface area contributed by atoms with E-state index in [1.165, 1.54) is 36.0 Å². The summed E-state index contributed by atoms with van der Waals surface area (Å²) in [6.45, 7) is 1.80. The van der Waals surface area contributed by atoms with Gasteiger partial charge in [0.15, 0.2) is 4.64 Å².